The molecule has 1 saturated heterocycles. The van der Waals surface area contributed by atoms with Crippen molar-refractivity contribution < 1.29 is 13.9 Å². The van der Waals surface area contributed by atoms with Crippen molar-refractivity contribution in [3.05, 3.63) is 38.3 Å². The molecule has 2 unspecified atom stereocenters. The van der Waals surface area contributed by atoms with E-state index in [1.807, 2.05) is 32.6 Å². The van der Waals surface area contributed by atoms with Crippen LogP contribution in [0.15, 0.2) is 15.7 Å². The number of carbonyl (C=O) groups excluding carboxylic acids is 1. The number of aromatic nitrogens is 2. The molecule has 4 rings (SSSR count). The normalized spacial score (nSPS) is 21.1. The van der Waals surface area contributed by atoms with Crippen LogP contribution in [0.3, 0.4) is 0 Å². The van der Waals surface area contributed by atoms with Gasteiger partial charge in [-0.1, -0.05) is 13.8 Å². The molecule has 2 heterocycles. The van der Waals surface area contributed by atoms with E-state index in [0.29, 0.717) is 29.9 Å². The molecular formula is C25H35FN4O4. The van der Waals surface area contributed by atoms with E-state index in [1.54, 1.807) is 11.5 Å². The fourth-order valence-corrected chi connectivity index (χ4v) is 5.39. The Kier molecular flexibility index (Phi) is 5.81. The lowest BCUT2D eigenvalue weighted by Gasteiger charge is -2.31. The van der Waals surface area contributed by atoms with Crippen molar-refractivity contribution in [3.63, 3.8) is 0 Å². The van der Waals surface area contributed by atoms with Crippen LogP contribution in [0.25, 0.3) is 10.9 Å². The highest BCUT2D eigenvalue weighted by atomic mass is 19.1. The summed E-state index contributed by atoms with van der Waals surface area (Å²) in [6, 6.07) is 1.08. The van der Waals surface area contributed by atoms with Crippen molar-refractivity contribution in [3.8, 4) is 0 Å². The molecule has 2 aliphatic rings. The number of aromatic amines is 1. The van der Waals surface area contributed by atoms with Crippen LogP contribution >= 0.6 is 0 Å². The molecule has 2 fully saturated rings. The van der Waals surface area contributed by atoms with Crippen molar-refractivity contribution in [2.45, 2.75) is 79.0 Å². The average Bonchev–Trinajstić information content (AvgIpc) is 3.44. The average molecular weight is 475 g/mol. The number of nitrogens with one attached hydrogen (secondary N) is 2. The lowest BCUT2D eigenvalue weighted by atomic mass is 9.78. The molecular weight excluding hydrogens is 439 g/mol. The van der Waals surface area contributed by atoms with Gasteiger partial charge in [0, 0.05) is 36.7 Å². The zero-order valence-corrected chi connectivity index (χ0v) is 21.0. The quantitative estimate of drug-likeness (QED) is 0.702. The first-order valence-electron chi connectivity index (χ1n) is 11.9. The van der Waals surface area contributed by atoms with Crippen LogP contribution in [0.1, 0.15) is 66.0 Å². The van der Waals surface area contributed by atoms with Crippen molar-refractivity contribution in [1.82, 2.24) is 14.9 Å². The zero-order chi connectivity index (χ0) is 25.2. The maximum Gasteiger partial charge on any atom is 0.407 e. The fourth-order valence-electron chi connectivity index (χ4n) is 5.39. The zero-order valence-electron chi connectivity index (χ0n) is 21.0. The largest absolute Gasteiger partial charge is 0.444 e. The number of rotatable bonds is 4. The maximum absolute atomic E-state index is 15.5. The Morgan fingerprint density at radius 3 is 2.53 bits per heavy atom. The molecule has 34 heavy (non-hydrogen) atoms. The summed E-state index contributed by atoms with van der Waals surface area (Å²) in [5.41, 5.74) is -0.334. The molecule has 9 heteroatoms. The minimum atomic E-state index is -0.596. The number of H-pyrrole nitrogens is 1. The number of aryl methyl sites for hydroxylation is 1. The van der Waals surface area contributed by atoms with Crippen molar-refractivity contribution in [2.75, 3.05) is 18.0 Å². The Hall–Kier alpha value is -2.84. The van der Waals surface area contributed by atoms with Gasteiger partial charge in [-0.2, -0.15) is 0 Å². The summed E-state index contributed by atoms with van der Waals surface area (Å²) in [6.45, 7) is 14.5. The molecule has 1 saturated carbocycles. The number of amides is 1. The van der Waals surface area contributed by atoms with Gasteiger partial charge in [0.2, 0.25) is 0 Å². The van der Waals surface area contributed by atoms with Crippen LogP contribution in [0.5, 0.6) is 0 Å². The topological polar surface area (TPSA) is 96.4 Å². The van der Waals surface area contributed by atoms with E-state index in [0.717, 1.165) is 12.8 Å². The van der Waals surface area contributed by atoms with Gasteiger partial charge >= 0.3 is 11.8 Å². The predicted octanol–water partition coefficient (Wildman–Crippen LogP) is 3.85. The smallest absolute Gasteiger partial charge is 0.407 e. The number of halogens is 1. The molecule has 8 nitrogen and oxygen atoms in total. The fraction of sp³-hybridized carbons (Fsp3) is 0.640. The van der Waals surface area contributed by atoms with Crippen LogP contribution < -0.4 is 21.5 Å². The van der Waals surface area contributed by atoms with Gasteiger partial charge in [-0.05, 0) is 58.9 Å². The van der Waals surface area contributed by atoms with E-state index in [2.05, 4.69) is 24.1 Å². The van der Waals surface area contributed by atoms with Gasteiger partial charge in [-0.25, -0.2) is 14.0 Å². The second kappa shape index (κ2) is 8.13. The molecule has 0 spiro atoms. The first kappa shape index (κ1) is 24.3. The number of anilines is 1. The van der Waals surface area contributed by atoms with Crippen molar-refractivity contribution in [1.29, 1.82) is 0 Å². The number of ether oxygens (including phenoxy) is 1. The third-order valence-corrected chi connectivity index (χ3v) is 6.98. The highest BCUT2D eigenvalue weighted by Gasteiger charge is 2.44. The molecule has 1 aromatic carbocycles. The van der Waals surface area contributed by atoms with Gasteiger partial charge in [0.15, 0.2) is 0 Å². The summed E-state index contributed by atoms with van der Waals surface area (Å²) in [5.74, 6) is -0.458. The molecule has 0 radical (unpaired) electrons. The van der Waals surface area contributed by atoms with E-state index >= 15 is 4.39 Å². The first-order chi connectivity index (χ1) is 15.7. The second-order valence-corrected chi connectivity index (χ2v) is 11.5. The van der Waals surface area contributed by atoms with Crippen molar-refractivity contribution in [2.24, 2.45) is 11.3 Å². The Balaban J connectivity index is 1.70. The van der Waals surface area contributed by atoms with Gasteiger partial charge in [0.05, 0.1) is 16.6 Å². The number of benzene rings is 1. The Morgan fingerprint density at radius 1 is 1.29 bits per heavy atom. The number of alkyl carbamates (subject to hydrolysis) is 1. The molecule has 0 bridgehead atoms. The first-order valence-corrected chi connectivity index (χ1v) is 11.9. The van der Waals surface area contributed by atoms with Gasteiger partial charge in [0.25, 0.3) is 5.56 Å². The molecule has 1 aliphatic carbocycles. The number of fused-ring (bicyclic) bond motifs is 1. The lowest BCUT2D eigenvalue weighted by molar-refractivity contribution is 0.0476. The molecule has 2 atom stereocenters. The second-order valence-electron chi connectivity index (χ2n) is 11.5. The van der Waals surface area contributed by atoms with E-state index in [-0.39, 0.29) is 28.8 Å². The summed E-state index contributed by atoms with van der Waals surface area (Å²) >= 11 is 0. The van der Waals surface area contributed by atoms with Crippen LogP contribution in [0.4, 0.5) is 14.9 Å². The van der Waals surface area contributed by atoms with Crippen LogP contribution in [-0.4, -0.2) is 40.4 Å². The Bertz CT molecular complexity index is 1250. The number of nitrogens with zero attached hydrogens (tertiary/aromatic N) is 2. The SMILES string of the molecule is Cc1c(N2CC(C(C)NC(=O)OC(C)(C)C)C(C)(C)C2)c(F)cc2c(=O)[nH]c(=O)n(C3CC3)c12. The monoisotopic (exact) mass is 474 g/mol. The van der Waals surface area contributed by atoms with E-state index in [4.69, 9.17) is 4.74 Å². The Labute approximate surface area is 198 Å². The highest BCUT2D eigenvalue weighted by Crippen LogP contribution is 2.43. The third-order valence-electron chi connectivity index (χ3n) is 6.98. The van der Waals surface area contributed by atoms with E-state index in [1.165, 1.54) is 6.07 Å². The van der Waals surface area contributed by atoms with Crippen LogP contribution in [0, 0.1) is 24.1 Å². The molecule has 1 amide bonds. The van der Waals surface area contributed by atoms with Crippen LogP contribution in [-0.2, 0) is 4.74 Å². The van der Waals surface area contributed by atoms with Crippen molar-refractivity contribution >= 4 is 22.7 Å². The summed E-state index contributed by atoms with van der Waals surface area (Å²) in [7, 11) is 0. The van der Waals surface area contributed by atoms with Gasteiger partial charge in [-0.15, -0.1) is 0 Å². The molecule has 2 aromatic rings. The molecule has 186 valence electrons. The lowest BCUT2D eigenvalue weighted by Crippen LogP contribution is -2.45. The summed E-state index contributed by atoms with van der Waals surface area (Å²) < 4.78 is 22.5. The summed E-state index contributed by atoms with van der Waals surface area (Å²) in [5, 5.41) is 3.13. The minimum Gasteiger partial charge on any atom is -0.444 e. The predicted molar refractivity (Wildman–Crippen MR) is 130 cm³/mol. The van der Waals surface area contributed by atoms with Gasteiger partial charge in [-0.3, -0.25) is 14.3 Å². The molecule has 2 N–H and O–H groups in total. The van der Waals surface area contributed by atoms with Gasteiger partial charge < -0.3 is 15.0 Å². The van der Waals surface area contributed by atoms with E-state index < -0.39 is 28.8 Å². The summed E-state index contributed by atoms with van der Waals surface area (Å²) in [4.78, 5) is 41.7. The number of carbonyl (C=O) groups is 1. The molecule has 1 aromatic heterocycles. The molecule has 1 aliphatic heterocycles. The van der Waals surface area contributed by atoms with Crippen LogP contribution in [0.2, 0.25) is 0 Å². The minimum absolute atomic E-state index is 0.0271. The maximum atomic E-state index is 15.5. The number of hydrogen-bond acceptors (Lipinski definition) is 5. The number of hydrogen-bond donors (Lipinski definition) is 2. The Morgan fingerprint density at radius 2 is 1.94 bits per heavy atom. The van der Waals surface area contributed by atoms with E-state index in [9.17, 15) is 14.4 Å². The highest BCUT2D eigenvalue weighted by molar-refractivity contribution is 5.87. The third kappa shape index (κ3) is 4.44. The summed E-state index contributed by atoms with van der Waals surface area (Å²) in [6.07, 6.45) is 1.25. The van der Waals surface area contributed by atoms with Gasteiger partial charge in [0.1, 0.15) is 11.4 Å². The standard InChI is InChI=1S/C25H35FN4O4/c1-13-19-16(21(31)28-22(32)30(19)15-8-9-15)10-18(26)20(13)29-11-17(25(6,7)12-29)14(2)27-23(33)34-24(3,4)5/h10,14-15,17H,8-9,11-12H2,1-7H3,(H,27,33)(H,28,31,32).